The van der Waals surface area contributed by atoms with Crippen molar-refractivity contribution in [3.05, 3.63) is 29.6 Å². The van der Waals surface area contributed by atoms with E-state index in [2.05, 4.69) is 6.92 Å². The van der Waals surface area contributed by atoms with Crippen LogP contribution in [0.15, 0.2) is 18.2 Å². The summed E-state index contributed by atoms with van der Waals surface area (Å²) in [4.78, 5) is 22.2. The van der Waals surface area contributed by atoms with Gasteiger partial charge in [-0.05, 0) is 31.2 Å². The van der Waals surface area contributed by atoms with Crippen LogP contribution in [-0.4, -0.2) is 64.7 Å². The Bertz CT molecular complexity index is 628. The number of hydrogen-bond acceptors (Lipinski definition) is 3. The first-order chi connectivity index (χ1) is 13.0. The molecule has 0 bridgehead atoms. The number of nitrogens with zero attached hydrogens (tertiary/aromatic N) is 3. The zero-order valence-corrected chi connectivity index (χ0v) is 17.3. The van der Waals surface area contributed by atoms with Crippen LogP contribution in [-0.2, 0) is 5.34 Å². The highest BCUT2D eigenvalue weighted by Gasteiger charge is 2.44. The molecular weight excluding hydrogens is 336 g/mol. The third kappa shape index (κ3) is 4.50. The molecule has 7 heteroatoms. The van der Waals surface area contributed by atoms with E-state index in [9.17, 15) is 4.79 Å². The Hall–Kier alpha value is -1.49. The number of hydrogen-bond donors (Lipinski definition) is 0. The van der Waals surface area contributed by atoms with Gasteiger partial charge in [0, 0.05) is 48.4 Å². The molecule has 0 N–H and O–H groups in total. The lowest BCUT2D eigenvalue weighted by atomic mass is 9.57. The lowest BCUT2D eigenvalue weighted by molar-refractivity contribution is -0.893. The van der Waals surface area contributed by atoms with Crippen LogP contribution in [0, 0.1) is 5.92 Å². The molecule has 3 heterocycles. The molecule has 27 heavy (non-hydrogen) atoms. The maximum absolute atomic E-state index is 12.8. The Morgan fingerprint density at radius 3 is 2.44 bits per heavy atom. The van der Waals surface area contributed by atoms with E-state index in [-0.39, 0.29) is 5.91 Å². The summed E-state index contributed by atoms with van der Waals surface area (Å²) in [6, 6.07) is 5.42. The first-order valence-corrected chi connectivity index (χ1v) is 10.2. The van der Waals surface area contributed by atoms with Gasteiger partial charge in [0.25, 0.3) is 0 Å². The minimum atomic E-state index is -1.17. The molecule has 2 fully saturated rings. The van der Waals surface area contributed by atoms with Gasteiger partial charge in [-0.3, -0.25) is 9.63 Å². The first kappa shape index (κ1) is 21.8. The van der Waals surface area contributed by atoms with Crippen LogP contribution in [0.5, 0.6) is 0 Å². The van der Waals surface area contributed by atoms with Gasteiger partial charge in [0.05, 0.1) is 15.7 Å². The second-order valence-electron chi connectivity index (χ2n) is 7.16. The van der Waals surface area contributed by atoms with E-state index >= 15 is 0 Å². The van der Waals surface area contributed by atoms with E-state index in [4.69, 9.17) is 20.5 Å². The quantitative estimate of drug-likeness (QED) is 0.564. The van der Waals surface area contributed by atoms with Gasteiger partial charge < -0.3 is 9.80 Å². The molecule has 2 aliphatic heterocycles. The summed E-state index contributed by atoms with van der Waals surface area (Å²) in [7, 11) is 14.5. The molecule has 2 aliphatic rings. The highest BCUT2D eigenvalue weighted by Crippen LogP contribution is 2.30. The van der Waals surface area contributed by atoms with Crippen molar-refractivity contribution in [2.45, 2.75) is 51.8 Å². The van der Waals surface area contributed by atoms with Crippen molar-refractivity contribution in [3.8, 4) is 0 Å². The van der Waals surface area contributed by atoms with Crippen LogP contribution >= 0.6 is 0 Å². The monoisotopic (exact) mass is 368 g/mol. The van der Waals surface area contributed by atoms with E-state index in [0.717, 1.165) is 39.0 Å². The van der Waals surface area contributed by atoms with E-state index < -0.39 is 5.34 Å². The van der Waals surface area contributed by atoms with Gasteiger partial charge in [0.2, 0.25) is 5.69 Å². The second kappa shape index (κ2) is 9.63. The van der Waals surface area contributed by atoms with Crippen LogP contribution < -0.4 is 9.57 Å². The number of carbonyl (C=O) groups excluding carboxylic acids is 1. The van der Waals surface area contributed by atoms with Gasteiger partial charge in [0.1, 0.15) is 7.11 Å². The zero-order valence-electron chi connectivity index (χ0n) is 17.3. The van der Waals surface area contributed by atoms with E-state index in [1.54, 1.807) is 6.07 Å². The van der Waals surface area contributed by atoms with Gasteiger partial charge in [-0.1, -0.05) is 27.2 Å². The number of rotatable bonds is 6. The van der Waals surface area contributed by atoms with Crippen molar-refractivity contribution in [2.24, 2.45) is 5.92 Å². The number of amides is 1. The Kier molecular flexibility index (Phi) is 7.78. The number of likely N-dealkylation sites (tertiary alicyclic amines) is 2. The Morgan fingerprint density at radius 2 is 1.89 bits per heavy atom. The topological polar surface area (TPSA) is 36.7 Å². The van der Waals surface area contributed by atoms with Crippen molar-refractivity contribution in [1.29, 1.82) is 0 Å². The largest absolute Gasteiger partial charge is 0.333 e. The van der Waals surface area contributed by atoms with E-state index in [0.29, 0.717) is 17.3 Å². The molecular formula is C20H32B2N3O2+. The first-order valence-electron chi connectivity index (χ1n) is 10.2. The lowest BCUT2D eigenvalue weighted by Gasteiger charge is -2.48. The second-order valence-corrected chi connectivity index (χ2v) is 7.16. The average molecular weight is 368 g/mol. The molecule has 5 nitrogen and oxygen atoms in total. The van der Waals surface area contributed by atoms with Crippen molar-refractivity contribution in [1.82, 2.24) is 9.80 Å². The molecule has 0 unspecified atom stereocenters. The van der Waals surface area contributed by atoms with Crippen molar-refractivity contribution < 1.29 is 14.4 Å². The Morgan fingerprint density at radius 1 is 1.26 bits per heavy atom. The predicted molar refractivity (Wildman–Crippen MR) is 109 cm³/mol. The fourth-order valence-corrected chi connectivity index (χ4v) is 3.85. The molecule has 0 atom stereocenters. The standard InChI is InChI=1S/C18H26B2N3O2.C2H6/c1-3-7-14-12-22(13-14)18(19,20)16-9-6-8-15(23(16)25-2)17(24)21-10-4-5-11-21;1-2/h6,8-9,14H,3-5,7,10-13H2,1-2H3;1-2H3/q+1;. The molecule has 0 saturated carbocycles. The molecule has 1 aromatic heterocycles. The molecule has 1 amide bonds. The molecule has 1 aromatic rings. The molecule has 144 valence electrons. The summed E-state index contributed by atoms with van der Waals surface area (Å²) < 4.78 is 1.49. The Labute approximate surface area is 166 Å². The molecule has 0 aliphatic carbocycles. The van der Waals surface area contributed by atoms with Crippen molar-refractivity contribution >= 4 is 21.6 Å². The van der Waals surface area contributed by atoms with E-state index in [1.807, 2.05) is 35.8 Å². The molecule has 0 spiro atoms. The zero-order chi connectivity index (χ0) is 20.0. The maximum atomic E-state index is 12.8. The lowest BCUT2D eigenvalue weighted by Crippen LogP contribution is -2.65. The number of aromatic nitrogens is 1. The number of carbonyl (C=O) groups is 1. The van der Waals surface area contributed by atoms with Crippen molar-refractivity contribution in [2.75, 3.05) is 33.3 Å². The SMILES string of the molecule is CC.[B]C([B])(c1cccc(C(=O)N2CCCC2)[n+]1OC)N1CC(CCC)C1. The van der Waals surface area contributed by atoms with Crippen LogP contribution in [0.3, 0.4) is 0 Å². The highest BCUT2D eigenvalue weighted by atomic mass is 16.6. The van der Waals surface area contributed by atoms with Crippen LogP contribution in [0.4, 0.5) is 0 Å². The molecule has 4 radical (unpaired) electrons. The summed E-state index contributed by atoms with van der Waals surface area (Å²) in [5.74, 6) is 0.603. The Balaban J connectivity index is 0.00000126. The number of pyridine rings is 1. The summed E-state index contributed by atoms with van der Waals surface area (Å²) in [6.45, 7) is 9.50. The fourth-order valence-electron chi connectivity index (χ4n) is 3.85. The van der Waals surface area contributed by atoms with Crippen LogP contribution in [0.25, 0.3) is 0 Å². The maximum Gasteiger partial charge on any atom is 0.323 e. The highest BCUT2D eigenvalue weighted by molar-refractivity contribution is 6.39. The van der Waals surface area contributed by atoms with E-state index in [1.165, 1.54) is 24.7 Å². The minimum absolute atomic E-state index is 0.0375. The summed E-state index contributed by atoms with van der Waals surface area (Å²) in [5, 5.41) is -1.17. The summed E-state index contributed by atoms with van der Waals surface area (Å²) in [6.07, 6.45) is 4.44. The van der Waals surface area contributed by atoms with Crippen LogP contribution in [0.2, 0.25) is 0 Å². The average Bonchev–Trinajstić information content (AvgIpc) is 3.19. The van der Waals surface area contributed by atoms with Gasteiger partial charge in [-0.25, -0.2) is 0 Å². The van der Waals surface area contributed by atoms with Gasteiger partial charge in [0.15, 0.2) is 0 Å². The molecule has 3 rings (SSSR count). The third-order valence-electron chi connectivity index (χ3n) is 5.33. The smallest absolute Gasteiger partial charge is 0.323 e. The van der Waals surface area contributed by atoms with Crippen LogP contribution in [0.1, 0.15) is 62.6 Å². The normalized spacial score (nSPS) is 17.9. The molecule has 2 saturated heterocycles. The fraction of sp³-hybridized carbons (Fsp3) is 0.700. The predicted octanol–water partition coefficient (Wildman–Crippen LogP) is 1.47. The van der Waals surface area contributed by atoms with Gasteiger partial charge in [-0.15, -0.1) is 0 Å². The molecule has 0 aromatic carbocycles. The van der Waals surface area contributed by atoms with Crippen molar-refractivity contribution in [3.63, 3.8) is 0 Å². The van der Waals surface area contributed by atoms with Gasteiger partial charge in [-0.2, -0.15) is 0 Å². The minimum Gasteiger partial charge on any atom is -0.333 e. The van der Waals surface area contributed by atoms with Gasteiger partial charge >= 0.3 is 11.6 Å². The summed E-state index contributed by atoms with van der Waals surface area (Å²) in [5.41, 5.74) is 1.06. The summed E-state index contributed by atoms with van der Waals surface area (Å²) >= 11 is 0. The third-order valence-corrected chi connectivity index (χ3v) is 5.33.